The van der Waals surface area contributed by atoms with Gasteiger partial charge >= 0.3 is 6.03 Å². The van der Waals surface area contributed by atoms with E-state index >= 15 is 0 Å². The monoisotopic (exact) mass is 347 g/mol. The third-order valence-electron chi connectivity index (χ3n) is 4.99. The van der Waals surface area contributed by atoms with Crippen molar-refractivity contribution in [3.05, 3.63) is 77.5 Å². The van der Waals surface area contributed by atoms with Gasteiger partial charge < -0.3 is 15.3 Å². The van der Waals surface area contributed by atoms with Crippen molar-refractivity contribution in [2.75, 3.05) is 13.2 Å². The molecule has 2 amide bonds. The molecule has 5 heteroatoms. The summed E-state index contributed by atoms with van der Waals surface area (Å²) in [6, 6.07) is 17.4. The standard InChI is InChI=1S/C21H21N3O2/c25-14-19-18-9-2-1-5-15(18)10-12-24(19)21(26)23-13-17-7-3-6-16-8-4-11-22-20(16)17/h1-9,11,19,25H,10,12-14H2,(H,23,26). The minimum atomic E-state index is -0.300. The van der Waals surface area contributed by atoms with Crippen LogP contribution >= 0.6 is 0 Å². The Kier molecular flexibility index (Phi) is 4.54. The summed E-state index contributed by atoms with van der Waals surface area (Å²) >= 11 is 0. The van der Waals surface area contributed by atoms with Crippen LogP contribution in [-0.2, 0) is 13.0 Å². The number of hydrogen-bond acceptors (Lipinski definition) is 3. The fourth-order valence-electron chi connectivity index (χ4n) is 3.67. The summed E-state index contributed by atoms with van der Waals surface area (Å²) in [5.41, 5.74) is 4.12. The zero-order valence-electron chi connectivity index (χ0n) is 14.4. The molecule has 132 valence electrons. The SMILES string of the molecule is O=C(NCc1cccc2cccnc12)N1CCc2ccccc2C1CO. The van der Waals surface area contributed by atoms with Crippen molar-refractivity contribution in [1.82, 2.24) is 15.2 Å². The highest BCUT2D eigenvalue weighted by molar-refractivity contribution is 5.82. The largest absolute Gasteiger partial charge is 0.394 e. The van der Waals surface area contributed by atoms with E-state index in [4.69, 9.17) is 0 Å². The molecule has 0 saturated carbocycles. The van der Waals surface area contributed by atoms with Crippen LogP contribution in [0.15, 0.2) is 60.8 Å². The van der Waals surface area contributed by atoms with E-state index in [0.717, 1.165) is 28.5 Å². The Labute approximate surface area is 152 Å². The third-order valence-corrected chi connectivity index (χ3v) is 4.99. The predicted octanol–water partition coefficient (Wildman–Crippen LogP) is 3.04. The van der Waals surface area contributed by atoms with Crippen molar-refractivity contribution >= 4 is 16.9 Å². The summed E-state index contributed by atoms with van der Waals surface area (Å²) in [4.78, 5) is 18.9. The third kappa shape index (κ3) is 3.02. The molecule has 5 nitrogen and oxygen atoms in total. The second kappa shape index (κ2) is 7.14. The number of aromatic nitrogens is 1. The van der Waals surface area contributed by atoms with Crippen molar-refractivity contribution in [2.24, 2.45) is 0 Å². The van der Waals surface area contributed by atoms with Crippen molar-refractivity contribution in [3.63, 3.8) is 0 Å². The molecule has 0 spiro atoms. The minimum absolute atomic E-state index is 0.0831. The van der Waals surface area contributed by atoms with E-state index in [-0.39, 0.29) is 18.7 Å². The average Bonchev–Trinajstić information content (AvgIpc) is 2.71. The van der Waals surface area contributed by atoms with Crippen LogP contribution in [0.25, 0.3) is 10.9 Å². The summed E-state index contributed by atoms with van der Waals surface area (Å²) < 4.78 is 0. The number of aliphatic hydroxyl groups excluding tert-OH is 1. The summed E-state index contributed by atoms with van der Waals surface area (Å²) in [5.74, 6) is 0. The zero-order chi connectivity index (χ0) is 17.9. The topological polar surface area (TPSA) is 65.5 Å². The van der Waals surface area contributed by atoms with Gasteiger partial charge in [0.1, 0.15) is 0 Å². The van der Waals surface area contributed by atoms with Crippen LogP contribution < -0.4 is 5.32 Å². The minimum Gasteiger partial charge on any atom is -0.394 e. The number of hydrogen-bond donors (Lipinski definition) is 2. The molecular weight excluding hydrogens is 326 g/mol. The van der Waals surface area contributed by atoms with E-state index in [9.17, 15) is 9.90 Å². The zero-order valence-corrected chi connectivity index (χ0v) is 14.4. The summed E-state index contributed by atoms with van der Waals surface area (Å²) in [7, 11) is 0. The molecule has 1 unspecified atom stereocenters. The van der Waals surface area contributed by atoms with Crippen LogP contribution in [0.4, 0.5) is 4.79 Å². The van der Waals surface area contributed by atoms with Crippen LogP contribution in [0.2, 0.25) is 0 Å². The first-order chi connectivity index (χ1) is 12.8. The molecule has 0 fully saturated rings. The van der Waals surface area contributed by atoms with Crippen LogP contribution in [0.1, 0.15) is 22.7 Å². The Morgan fingerprint density at radius 1 is 1.15 bits per heavy atom. The highest BCUT2D eigenvalue weighted by atomic mass is 16.3. The molecule has 2 aromatic carbocycles. The lowest BCUT2D eigenvalue weighted by atomic mass is 9.93. The van der Waals surface area contributed by atoms with E-state index < -0.39 is 0 Å². The number of benzene rings is 2. The van der Waals surface area contributed by atoms with E-state index in [0.29, 0.717) is 13.1 Å². The molecule has 4 rings (SSSR count). The number of carbonyl (C=O) groups is 1. The van der Waals surface area contributed by atoms with Crippen LogP contribution in [-0.4, -0.2) is 34.2 Å². The lowest BCUT2D eigenvalue weighted by Gasteiger charge is -2.36. The maximum Gasteiger partial charge on any atom is 0.318 e. The molecule has 2 N–H and O–H groups in total. The van der Waals surface area contributed by atoms with Gasteiger partial charge in [-0.15, -0.1) is 0 Å². The Morgan fingerprint density at radius 2 is 2.00 bits per heavy atom. The highest BCUT2D eigenvalue weighted by Gasteiger charge is 2.29. The number of fused-ring (bicyclic) bond motifs is 2. The van der Waals surface area contributed by atoms with Gasteiger partial charge in [0.2, 0.25) is 0 Å². The molecule has 0 saturated heterocycles. The second-order valence-electron chi connectivity index (χ2n) is 6.49. The Balaban J connectivity index is 1.51. The molecule has 26 heavy (non-hydrogen) atoms. The normalized spacial score (nSPS) is 16.3. The molecule has 3 aromatic rings. The number of para-hydroxylation sites is 1. The molecule has 0 radical (unpaired) electrons. The van der Waals surface area contributed by atoms with Crippen LogP contribution in [0, 0.1) is 0 Å². The van der Waals surface area contributed by atoms with E-state index in [1.54, 1.807) is 11.1 Å². The number of nitrogens with zero attached hydrogens (tertiary/aromatic N) is 2. The van der Waals surface area contributed by atoms with Gasteiger partial charge in [0.15, 0.2) is 0 Å². The van der Waals surface area contributed by atoms with Crippen molar-refractivity contribution in [1.29, 1.82) is 0 Å². The number of pyridine rings is 1. The molecule has 1 aliphatic rings. The number of nitrogens with one attached hydrogen (secondary N) is 1. The van der Waals surface area contributed by atoms with Crippen molar-refractivity contribution in [3.8, 4) is 0 Å². The van der Waals surface area contributed by atoms with Crippen molar-refractivity contribution in [2.45, 2.75) is 19.0 Å². The maximum atomic E-state index is 12.8. The molecule has 1 aliphatic heterocycles. The molecule has 1 atom stereocenters. The van der Waals surface area contributed by atoms with Gasteiger partial charge in [-0.25, -0.2) is 4.79 Å². The van der Waals surface area contributed by atoms with Gasteiger partial charge in [0.05, 0.1) is 18.2 Å². The quantitative estimate of drug-likeness (QED) is 0.765. The molecule has 0 aliphatic carbocycles. The van der Waals surface area contributed by atoms with Crippen LogP contribution in [0.3, 0.4) is 0 Å². The Bertz CT molecular complexity index is 936. The number of amides is 2. The molecular formula is C21H21N3O2. The number of urea groups is 1. The highest BCUT2D eigenvalue weighted by Crippen LogP contribution is 2.29. The first-order valence-corrected chi connectivity index (χ1v) is 8.83. The lowest BCUT2D eigenvalue weighted by Crippen LogP contribution is -2.46. The molecule has 2 heterocycles. The number of carbonyl (C=O) groups excluding carboxylic acids is 1. The van der Waals surface area contributed by atoms with Gasteiger partial charge in [0.25, 0.3) is 0 Å². The Hall–Kier alpha value is -2.92. The van der Waals surface area contributed by atoms with Crippen LogP contribution in [0.5, 0.6) is 0 Å². The van der Waals surface area contributed by atoms with Gasteiger partial charge in [0, 0.05) is 24.7 Å². The fraction of sp³-hybridized carbons (Fsp3) is 0.238. The predicted molar refractivity (Wildman–Crippen MR) is 101 cm³/mol. The Morgan fingerprint density at radius 3 is 2.88 bits per heavy atom. The van der Waals surface area contributed by atoms with Gasteiger partial charge in [-0.3, -0.25) is 4.98 Å². The van der Waals surface area contributed by atoms with E-state index in [1.165, 1.54) is 5.56 Å². The second-order valence-corrected chi connectivity index (χ2v) is 6.49. The van der Waals surface area contributed by atoms with Gasteiger partial charge in [-0.05, 0) is 29.2 Å². The fourth-order valence-corrected chi connectivity index (χ4v) is 3.67. The molecule has 0 bridgehead atoms. The van der Waals surface area contributed by atoms with Gasteiger partial charge in [-0.2, -0.15) is 0 Å². The maximum absolute atomic E-state index is 12.8. The summed E-state index contributed by atoms with van der Waals surface area (Å²) in [6.07, 6.45) is 2.56. The number of aliphatic hydroxyl groups is 1. The van der Waals surface area contributed by atoms with E-state index in [1.807, 2.05) is 48.5 Å². The smallest absolute Gasteiger partial charge is 0.318 e. The first-order valence-electron chi connectivity index (χ1n) is 8.83. The summed E-state index contributed by atoms with van der Waals surface area (Å²) in [6.45, 7) is 0.922. The number of rotatable bonds is 3. The first kappa shape index (κ1) is 16.5. The van der Waals surface area contributed by atoms with Gasteiger partial charge in [-0.1, -0.05) is 48.5 Å². The average molecular weight is 347 g/mol. The van der Waals surface area contributed by atoms with Crippen molar-refractivity contribution < 1.29 is 9.90 Å². The lowest BCUT2D eigenvalue weighted by molar-refractivity contribution is 0.127. The van der Waals surface area contributed by atoms with E-state index in [2.05, 4.69) is 16.4 Å². The summed E-state index contributed by atoms with van der Waals surface area (Å²) in [5, 5.41) is 13.9. The molecule has 1 aromatic heterocycles.